The first-order valence-corrected chi connectivity index (χ1v) is 4.07. The Hall–Kier alpha value is -0.610. The summed E-state index contributed by atoms with van der Waals surface area (Å²) in [5, 5.41) is 3.28. The summed E-state index contributed by atoms with van der Waals surface area (Å²) in [7, 11) is 0. The van der Waals surface area contributed by atoms with Crippen LogP contribution in [0.5, 0.6) is 0 Å². The van der Waals surface area contributed by atoms with Crippen LogP contribution in [0.2, 0.25) is 0 Å². The van der Waals surface area contributed by atoms with Gasteiger partial charge < -0.3 is 16.8 Å². The van der Waals surface area contributed by atoms with Crippen molar-refractivity contribution in [3.05, 3.63) is 0 Å². The van der Waals surface area contributed by atoms with Gasteiger partial charge in [0.15, 0.2) is 0 Å². The number of nitrogens with one attached hydrogen (secondary N) is 1. The van der Waals surface area contributed by atoms with E-state index in [2.05, 4.69) is 10.3 Å². The molecule has 0 saturated carbocycles. The molecule has 0 aromatic carbocycles. The summed E-state index contributed by atoms with van der Waals surface area (Å²) in [5.41, 5.74) is 10.8. The Kier molecular flexibility index (Phi) is 3.32. The fraction of sp³-hybridized carbons (Fsp3) is 0.857. The van der Waals surface area contributed by atoms with Crippen molar-refractivity contribution in [2.24, 2.45) is 16.5 Å². The second-order valence-electron chi connectivity index (χ2n) is 2.74. The van der Waals surface area contributed by atoms with E-state index in [1.807, 2.05) is 0 Å². The van der Waals surface area contributed by atoms with E-state index in [1.165, 1.54) is 0 Å². The molecule has 4 heteroatoms. The average molecular weight is 156 g/mol. The van der Waals surface area contributed by atoms with Crippen molar-refractivity contribution in [3.8, 4) is 0 Å². The lowest BCUT2D eigenvalue weighted by Crippen LogP contribution is -2.32. The highest BCUT2D eigenvalue weighted by atomic mass is 15.1. The van der Waals surface area contributed by atoms with E-state index < -0.39 is 0 Å². The van der Waals surface area contributed by atoms with Crippen molar-refractivity contribution < 1.29 is 0 Å². The number of rotatable bonds is 4. The standard InChI is InChI=1S/C7H16N4/c8-3-1-6-5-10-7(11-6)2-4-9/h6H,1-5,8-9H2,(H,10,11). The molecule has 4 nitrogen and oxygen atoms in total. The lowest BCUT2D eigenvalue weighted by Gasteiger charge is -2.08. The molecule has 0 aromatic heterocycles. The largest absolute Gasteiger partial charge is 0.369 e. The second kappa shape index (κ2) is 4.31. The number of hydrogen-bond acceptors (Lipinski definition) is 4. The van der Waals surface area contributed by atoms with E-state index in [4.69, 9.17) is 11.5 Å². The molecule has 1 atom stereocenters. The first-order valence-electron chi connectivity index (χ1n) is 4.07. The van der Waals surface area contributed by atoms with Gasteiger partial charge in [-0.15, -0.1) is 0 Å². The quantitative estimate of drug-likeness (QED) is 0.491. The molecule has 1 aliphatic heterocycles. The molecule has 0 saturated heterocycles. The minimum absolute atomic E-state index is 0.460. The normalized spacial score (nSPS) is 23.1. The van der Waals surface area contributed by atoms with Crippen molar-refractivity contribution in [3.63, 3.8) is 0 Å². The van der Waals surface area contributed by atoms with Gasteiger partial charge in [-0.05, 0) is 19.5 Å². The molecule has 5 N–H and O–H groups in total. The van der Waals surface area contributed by atoms with Gasteiger partial charge in [0.1, 0.15) is 0 Å². The predicted molar refractivity (Wildman–Crippen MR) is 46.6 cm³/mol. The van der Waals surface area contributed by atoms with E-state index in [0.717, 1.165) is 31.8 Å². The summed E-state index contributed by atoms with van der Waals surface area (Å²) in [6, 6.07) is 0.460. The van der Waals surface area contributed by atoms with E-state index in [1.54, 1.807) is 0 Å². The fourth-order valence-corrected chi connectivity index (χ4v) is 1.20. The molecule has 0 aromatic rings. The first kappa shape index (κ1) is 8.49. The van der Waals surface area contributed by atoms with Crippen molar-refractivity contribution in [2.75, 3.05) is 19.6 Å². The van der Waals surface area contributed by atoms with Gasteiger partial charge in [-0.25, -0.2) is 0 Å². The average Bonchev–Trinajstić information content (AvgIpc) is 2.38. The topological polar surface area (TPSA) is 76.4 Å². The molecule has 0 bridgehead atoms. The Morgan fingerprint density at radius 1 is 1.45 bits per heavy atom. The van der Waals surface area contributed by atoms with Crippen molar-refractivity contribution in [1.82, 2.24) is 5.32 Å². The number of aliphatic imine (C=N–C) groups is 1. The highest BCUT2D eigenvalue weighted by molar-refractivity contribution is 5.84. The third-order valence-corrected chi connectivity index (χ3v) is 1.77. The summed E-state index contributed by atoms with van der Waals surface area (Å²) in [4.78, 5) is 4.30. The molecule has 0 radical (unpaired) electrons. The van der Waals surface area contributed by atoms with Crippen LogP contribution in [0.1, 0.15) is 12.8 Å². The maximum Gasteiger partial charge on any atom is 0.0979 e. The summed E-state index contributed by atoms with van der Waals surface area (Å²) >= 11 is 0. The lowest BCUT2D eigenvalue weighted by molar-refractivity contribution is 0.607. The van der Waals surface area contributed by atoms with Gasteiger partial charge in [0.05, 0.1) is 12.4 Å². The van der Waals surface area contributed by atoms with Crippen molar-refractivity contribution in [1.29, 1.82) is 0 Å². The van der Waals surface area contributed by atoms with Crippen LogP contribution in [0.25, 0.3) is 0 Å². The zero-order valence-corrected chi connectivity index (χ0v) is 6.71. The Bertz CT molecular complexity index is 143. The molecule has 0 aliphatic carbocycles. The zero-order chi connectivity index (χ0) is 8.10. The van der Waals surface area contributed by atoms with Crippen molar-refractivity contribution in [2.45, 2.75) is 18.9 Å². The lowest BCUT2D eigenvalue weighted by atomic mass is 10.2. The van der Waals surface area contributed by atoms with Crippen molar-refractivity contribution >= 4 is 5.84 Å². The first-order chi connectivity index (χ1) is 5.36. The number of hydrogen-bond donors (Lipinski definition) is 3. The maximum atomic E-state index is 5.41. The van der Waals surface area contributed by atoms with Gasteiger partial charge >= 0.3 is 0 Å². The zero-order valence-electron chi connectivity index (χ0n) is 6.71. The SMILES string of the molecule is NCCC1=NCC(CCN)N1. The predicted octanol–water partition coefficient (Wildman–Crippen LogP) is -0.946. The molecule has 0 spiro atoms. The molecule has 1 rings (SSSR count). The van der Waals surface area contributed by atoms with Gasteiger partial charge in [0, 0.05) is 12.5 Å². The highest BCUT2D eigenvalue weighted by Crippen LogP contribution is 2.00. The minimum Gasteiger partial charge on any atom is -0.369 e. The molecule has 1 aliphatic rings. The smallest absolute Gasteiger partial charge is 0.0979 e. The van der Waals surface area contributed by atoms with Crippen LogP contribution in [0.3, 0.4) is 0 Å². The summed E-state index contributed by atoms with van der Waals surface area (Å²) < 4.78 is 0. The van der Waals surface area contributed by atoms with E-state index in [0.29, 0.717) is 12.6 Å². The van der Waals surface area contributed by atoms with E-state index in [9.17, 15) is 0 Å². The summed E-state index contributed by atoms with van der Waals surface area (Å²) in [6.45, 7) is 2.26. The van der Waals surface area contributed by atoms with Crippen LogP contribution in [0.4, 0.5) is 0 Å². The maximum absolute atomic E-state index is 5.41. The molecule has 0 fully saturated rings. The summed E-state index contributed by atoms with van der Waals surface area (Å²) in [5.74, 6) is 1.05. The Morgan fingerprint density at radius 2 is 2.27 bits per heavy atom. The number of amidine groups is 1. The van der Waals surface area contributed by atoms with Crippen LogP contribution in [0.15, 0.2) is 4.99 Å². The van der Waals surface area contributed by atoms with Crippen LogP contribution in [0, 0.1) is 0 Å². The highest BCUT2D eigenvalue weighted by Gasteiger charge is 2.14. The fourth-order valence-electron chi connectivity index (χ4n) is 1.20. The molecular weight excluding hydrogens is 140 g/mol. The Morgan fingerprint density at radius 3 is 2.91 bits per heavy atom. The van der Waals surface area contributed by atoms with Gasteiger partial charge in [0.2, 0.25) is 0 Å². The summed E-state index contributed by atoms with van der Waals surface area (Å²) in [6.07, 6.45) is 1.86. The Balaban J connectivity index is 2.19. The molecule has 11 heavy (non-hydrogen) atoms. The van der Waals surface area contributed by atoms with Gasteiger partial charge in [-0.2, -0.15) is 0 Å². The van der Waals surface area contributed by atoms with Crippen LogP contribution < -0.4 is 16.8 Å². The van der Waals surface area contributed by atoms with Gasteiger partial charge in [0.25, 0.3) is 0 Å². The molecule has 1 unspecified atom stereocenters. The third-order valence-electron chi connectivity index (χ3n) is 1.77. The number of nitrogens with two attached hydrogens (primary N) is 2. The monoisotopic (exact) mass is 156 g/mol. The van der Waals surface area contributed by atoms with Gasteiger partial charge in [-0.1, -0.05) is 0 Å². The Labute approximate surface area is 67.0 Å². The number of nitrogens with zero attached hydrogens (tertiary/aromatic N) is 1. The second-order valence-corrected chi connectivity index (χ2v) is 2.74. The molecular formula is C7H16N4. The van der Waals surface area contributed by atoms with E-state index >= 15 is 0 Å². The van der Waals surface area contributed by atoms with Crippen LogP contribution in [-0.4, -0.2) is 31.5 Å². The van der Waals surface area contributed by atoms with Gasteiger partial charge in [-0.3, -0.25) is 4.99 Å². The molecule has 1 heterocycles. The van der Waals surface area contributed by atoms with E-state index in [-0.39, 0.29) is 0 Å². The minimum atomic E-state index is 0.460. The third kappa shape index (κ3) is 2.48. The van der Waals surface area contributed by atoms with Crippen LogP contribution >= 0.6 is 0 Å². The van der Waals surface area contributed by atoms with Crippen LogP contribution in [-0.2, 0) is 0 Å². The molecule has 64 valence electrons. The molecule has 0 amide bonds.